The molecule has 2 aromatic carbocycles. The van der Waals surface area contributed by atoms with Crippen molar-refractivity contribution in [1.82, 2.24) is 8.61 Å². The molecule has 1 aliphatic rings. The van der Waals surface area contributed by atoms with Gasteiger partial charge in [0.2, 0.25) is 20.0 Å². The molecule has 0 spiro atoms. The fraction of sp³-hybridized carbons (Fsp3) is 0.409. The topological polar surface area (TPSA) is 113 Å². The van der Waals surface area contributed by atoms with Crippen molar-refractivity contribution in [2.24, 2.45) is 0 Å². The van der Waals surface area contributed by atoms with Gasteiger partial charge in [0.15, 0.2) is 0 Å². The van der Waals surface area contributed by atoms with Crippen LogP contribution in [0, 0.1) is 6.92 Å². The number of carbonyl (C=O) groups is 1. The van der Waals surface area contributed by atoms with E-state index in [1.54, 1.807) is 26.8 Å². The van der Waals surface area contributed by atoms with Crippen molar-refractivity contribution in [3.63, 3.8) is 0 Å². The summed E-state index contributed by atoms with van der Waals surface area (Å²) in [6, 6.07) is 10.4. The number of rotatable bonds is 8. The highest BCUT2D eigenvalue weighted by Crippen LogP contribution is 2.23. The lowest BCUT2D eigenvalue weighted by molar-refractivity contribution is 0.0730. The second-order valence-electron chi connectivity index (χ2n) is 7.56. The number of benzene rings is 2. The van der Waals surface area contributed by atoms with Crippen molar-refractivity contribution in [3.8, 4) is 0 Å². The Bertz CT molecular complexity index is 1200. The summed E-state index contributed by atoms with van der Waals surface area (Å²) in [4.78, 5) is 13.1. The first-order chi connectivity index (χ1) is 15.6. The molecular weight excluding hydrogens is 466 g/mol. The number of hydrogen-bond acceptors (Lipinski definition) is 6. The van der Waals surface area contributed by atoms with E-state index >= 15 is 0 Å². The zero-order valence-electron chi connectivity index (χ0n) is 18.9. The number of morpholine rings is 1. The van der Waals surface area contributed by atoms with Gasteiger partial charge in [-0.25, -0.2) is 16.8 Å². The molecule has 0 unspecified atom stereocenters. The van der Waals surface area contributed by atoms with Gasteiger partial charge in [-0.3, -0.25) is 4.79 Å². The summed E-state index contributed by atoms with van der Waals surface area (Å²) in [7, 11) is -7.34. The Morgan fingerprint density at radius 3 is 2.12 bits per heavy atom. The molecule has 1 amide bonds. The van der Waals surface area contributed by atoms with Crippen LogP contribution in [0.1, 0.15) is 29.8 Å². The number of hydrogen-bond donors (Lipinski definition) is 1. The molecule has 1 N–H and O–H groups in total. The predicted octanol–water partition coefficient (Wildman–Crippen LogP) is 2.30. The average molecular weight is 496 g/mol. The number of anilines is 1. The Morgan fingerprint density at radius 1 is 0.970 bits per heavy atom. The number of amides is 1. The fourth-order valence-electron chi connectivity index (χ4n) is 3.56. The Kier molecular flexibility index (Phi) is 7.91. The molecule has 180 valence electrons. The molecule has 3 rings (SSSR count). The molecule has 1 saturated heterocycles. The van der Waals surface area contributed by atoms with Gasteiger partial charge in [-0.1, -0.05) is 19.9 Å². The summed E-state index contributed by atoms with van der Waals surface area (Å²) >= 11 is 0. The summed E-state index contributed by atoms with van der Waals surface area (Å²) in [5.41, 5.74) is 1.25. The number of sulfonamides is 2. The molecule has 0 aliphatic carbocycles. The van der Waals surface area contributed by atoms with Crippen LogP contribution in [-0.4, -0.2) is 70.7 Å². The van der Waals surface area contributed by atoms with E-state index in [9.17, 15) is 21.6 Å². The van der Waals surface area contributed by atoms with E-state index < -0.39 is 26.0 Å². The normalized spacial score (nSPS) is 15.5. The number of carbonyl (C=O) groups excluding carboxylic acids is 1. The van der Waals surface area contributed by atoms with E-state index in [4.69, 9.17) is 4.74 Å². The molecule has 1 aliphatic heterocycles. The van der Waals surface area contributed by atoms with E-state index in [2.05, 4.69) is 5.32 Å². The van der Waals surface area contributed by atoms with Gasteiger partial charge in [0.1, 0.15) is 0 Å². The molecule has 1 heterocycles. The monoisotopic (exact) mass is 495 g/mol. The van der Waals surface area contributed by atoms with Crippen LogP contribution in [-0.2, 0) is 24.8 Å². The Balaban J connectivity index is 1.81. The van der Waals surface area contributed by atoms with Crippen LogP contribution in [0.3, 0.4) is 0 Å². The summed E-state index contributed by atoms with van der Waals surface area (Å²) in [5, 5.41) is 2.72. The average Bonchev–Trinajstić information content (AvgIpc) is 2.80. The lowest BCUT2D eigenvalue weighted by atomic mass is 10.1. The van der Waals surface area contributed by atoms with Crippen molar-refractivity contribution in [3.05, 3.63) is 53.6 Å². The third-order valence-corrected chi connectivity index (χ3v) is 9.48. The summed E-state index contributed by atoms with van der Waals surface area (Å²) < 4.78 is 59.1. The lowest BCUT2D eigenvalue weighted by Crippen LogP contribution is -2.40. The summed E-state index contributed by atoms with van der Waals surface area (Å²) in [5.74, 6) is -0.481. The van der Waals surface area contributed by atoms with Crippen LogP contribution < -0.4 is 5.32 Å². The summed E-state index contributed by atoms with van der Waals surface area (Å²) in [6.45, 7) is 7.18. The van der Waals surface area contributed by atoms with Crippen LogP contribution >= 0.6 is 0 Å². The third kappa shape index (κ3) is 5.44. The largest absolute Gasteiger partial charge is 0.379 e. The minimum absolute atomic E-state index is 0.0424. The second-order valence-corrected chi connectivity index (χ2v) is 11.4. The smallest absolute Gasteiger partial charge is 0.255 e. The number of ether oxygens (including phenoxy) is 1. The summed E-state index contributed by atoms with van der Waals surface area (Å²) in [6.07, 6.45) is 0. The molecule has 9 nitrogen and oxygen atoms in total. The molecule has 2 aromatic rings. The Labute approximate surface area is 195 Å². The van der Waals surface area contributed by atoms with E-state index in [1.165, 1.54) is 45.0 Å². The Hall–Kier alpha value is -2.31. The van der Waals surface area contributed by atoms with Crippen LogP contribution in [0.15, 0.2) is 52.3 Å². The van der Waals surface area contributed by atoms with Crippen molar-refractivity contribution in [2.75, 3.05) is 44.7 Å². The van der Waals surface area contributed by atoms with Gasteiger partial charge in [0.25, 0.3) is 5.91 Å². The first-order valence-corrected chi connectivity index (χ1v) is 13.6. The first kappa shape index (κ1) is 25.3. The van der Waals surface area contributed by atoms with Gasteiger partial charge in [-0.15, -0.1) is 0 Å². The highest BCUT2D eigenvalue weighted by Gasteiger charge is 2.27. The molecule has 0 aromatic heterocycles. The molecule has 33 heavy (non-hydrogen) atoms. The molecule has 0 radical (unpaired) electrons. The molecule has 0 saturated carbocycles. The highest BCUT2D eigenvalue weighted by molar-refractivity contribution is 7.89. The van der Waals surface area contributed by atoms with E-state index in [0.717, 1.165) is 0 Å². The van der Waals surface area contributed by atoms with E-state index in [-0.39, 0.29) is 28.4 Å². The lowest BCUT2D eigenvalue weighted by Gasteiger charge is -2.26. The molecule has 1 fully saturated rings. The predicted molar refractivity (Wildman–Crippen MR) is 125 cm³/mol. The van der Waals surface area contributed by atoms with Gasteiger partial charge in [0, 0.05) is 37.4 Å². The quantitative estimate of drug-likeness (QED) is 0.601. The zero-order valence-corrected chi connectivity index (χ0v) is 20.6. The van der Waals surface area contributed by atoms with Crippen LogP contribution in [0.2, 0.25) is 0 Å². The maximum Gasteiger partial charge on any atom is 0.255 e. The molecule has 0 atom stereocenters. The van der Waals surface area contributed by atoms with Crippen LogP contribution in [0.25, 0.3) is 0 Å². The highest BCUT2D eigenvalue weighted by atomic mass is 32.2. The first-order valence-electron chi connectivity index (χ1n) is 10.7. The fourth-order valence-corrected chi connectivity index (χ4v) is 6.46. The number of aryl methyl sites for hydroxylation is 1. The Morgan fingerprint density at radius 2 is 1.55 bits per heavy atom. The minimum atomic E-state index is -3.74. The third-order valence-electron chi connectivity index (χ3n) is 5.52. The van der Waals surface area contributed by atoms with Crippen molar-refractivity contribution in [1.29, 1.82) is 0 Å². The molecule has 0 bridgehead atoms. The SMILES string of the molecule is CCN(CC)S(=O)(=O)c1ccc(NC(=O)c2cc(S(=O)(=O)N3CCOCC3)ccc2C)cc1. The molecular formula is C22H29N3O6S2. The maximum atomic E-state index is 12.9. The van der Waals surface area contributed by atoms with Gasteiger partial charge in [-0.2, -0.15) is 8.61 Å². The van der Waals surface area contributed by atoms with Crippen LogP contribution in [0.5, 0.6) is 0 Å². The second kappa shape index (κ2) is 10.3. The van der Waals surface area contributed by atoms with Gasteiger partial charge >= 0.3 is 0 Å². The van der Waals surface area contributed by atoms with Gasteiger partial charge in [0.05, 0.1) is 23.0 Å². The number of nitrogens with one attached hydrogen (secondary N) is 1. The number of nitrogens with zero attached hydrogens (tertiary/aromatic N) is 2. The van der Waals surface area contributed by atoms with Gasteiger partial charge < -0.3 is 10.1 Å². The van der Waals surface area contributed by atoms with Crippen LogP contribution in [0.4, 0.5) is 5.69 Å². The van der Waals surface area contributed by atoms with Crippen molar-refractivity contribution < 1.29 is 26.4 Å². The van der Waals surface area contributed by atoms with E-state index in [1.807, 2.05) is 0 Å². The van der Waals surface area contributed by atoms with E-state index in [0.29, 0.717) is 37.6 Å². The van der Waals surface area contributed by atoms with Crippen molar-refractivity contribution >= 4 is 31.6 Å². The van der Waals surface area contributed by atoms with Gasteiger partial charge in [-0.05, 0) is 48.9 Å². The zero-order chi connectivity index (χ0) is 24.2. The standard InChI is InChI=1S/C22H29N3O6S2/c1-4-24(5-2)32(27,28)19-10-7-18(8-11-19)23-22(26)21-16-20(9-6-17(21)3)33(29,30)25-12-14-31-15-13-25/h6-11,16H,4-5,12-15H2,1-3H3,(H,23,26). The molecule has 11 heteroatoms. The minimum Gasteiger partial charge on any atom is -0.379 e. The maximum absolute atomic E-state index is 12.9. The van der Waals surface area contributed by atoms with Crippen molar-refractivity contribution in [2.45, 2.75) is 30.6 Å².